The van der Waals surface area contributed by atoms with Crippen LogP contribution in [0, 0.1) is 0 Å². The van der Waals surface area contributed by atoms with Crippen LogP contribution in [0.3, 0.4) is 0 Å². The van der Waals surface area contributed by atoms with Crippen LogP contribution < -0.4 is 0 Å². The van der Waals surface area contributed by atoms with E-state index < -0.39 is 24.8 Å². The number of halogens is 5. The molecule has 0 aliphatic rings. The first-order chi connectivity index (χ1) is 5.89. The highest BCUT2D eigenvalue weighted by atomic mass is 19.4. The summed E-state index contributed by atoms with van der Waals surface area (Å²) in [6.07, 6.45) is -5.98. The van der Waals surface area contributed by atoms with Crippen LogP contribution in [-0.4, -0.2) is 16.0 Å². The summed E-state index contributed by atoms with van der Waals surface area (Å²) in [4.78, 5) is 2.95. The van der Waals surface area contributed by atoms with Crippen molar-refractivity contribution in [3.63, 3.8) is 0 Å². The van der Waals surface area contributed by atoms with Crippen LogP contribution >= 0.6 is 0 Å². The number of imidazole rings is 1. The minimum absolute atomic E-state index is 0.548. The van der Waals surface area contributed by atoms with Gasteiger partial charge in [-0.25, -0.2) is 13.8 Å². The lowest BCUT2D eigenvalue weighted by Gasteiger charge is -2.01. The van der Waals surface area contributed by atoms with Crippen LogP contribution in [0.1, 0.15) is 5.69 Å². The van der Waals surface area contributed by atoms with Gasteiger partial charge in [0.25, 0.3) is 6.43 Å². The Labute approximate surface area is 70.0 Å². The van der Waals surface area contributed by atoms with Gasteiger partial charge in [0.2, 0.25) is 0 Å². The highest BCUT2D eigenvalue weighted by Gasteiger charge is 2.33. The van der Waals surface area contributed by atoms with Crippen molar-refractivity contribution in [2.24, 2.45) is 0 Å². The monoisotopic (exact) mass is 200 g/mol. The second-order valence-electron chi connectivity index (χ2n) is 2.34. The smallest absolute Gasteiger partial charge is 0.331 e. The molecule has 7 heteroatoms. The fraction of sp³-hybridized carbons (Fsp3) is 0.500. The van der Waals surface area contributed by atoms with Gasteiger partial charge in [0, 0.05) is 6.20 Å². The molecule has 0 aliphatic heterocycles. The molecule has 0 saturated carbocycles. The van der Waals surface area contributed by atoms with E-state index in [1.54, 1.807) is 0 Å². The van der Waals surface area contributed by atoms with Gasteiger partial charge in [-0.15, -0.1) is 0 Å². The maximum absolute atomic E-state index is 11.9. The van der Waals surface area contributed by atoms with E-state index in [4.69, 9.17) is 0 Å². The zero-order valence-corrected chi connectivity index (χ0v) is 6.22. The number of aromatic nitrogens is 2. The van der Waals surface area contributed by atoms with E-state index in [2.05, 4.69) is 4.98 Å². The molecular formula is C6H5F5N2. The topological polar surface area (TPSA) is 17.8 Å². The third kappa shape index (κ3) is 2.67. The van der Waals surface area contributed by atoms with Crippen molar-refractivity contribution in [2.45, 2.75) is 19.1 Å². The average molecular weight is 200 g/mol. The van der Waals surface area contributed by atoms with E-state index in [9.17, 15) is 22.0 Å². The molecule has 13 heavy (non-hydrogen) atoms. The number of rotatable bonds is 2. The Morgan fingerprint density at radius 2 is 2.00 bits per heavy atom. The first-order valence-corrected chi connectivity index (χ1v) is 3.26. The van der Waals surface area contributed by atoms with E-state index in [1.165, 1.54) is 0 Å². The lowest BCUT2D eigenvalue weighted by molar-refractivity contribution is -0.141. The van der Waals surface area contributed by atoms with Crippen molar-refractivity contribution in [3.8, 4) is 0 Å². The summed E-state index contributed by atoms with van der Waals surface area (Å²) in [6.45, 7) is -0.775. The number of nitrogens with zero attached hydrogens (tertiary/aromatic N) is 2. The maximum atomic E-state index is 11.9. The van der Waals surface area contributed by atoms with Gasteiger partial charge in [0.15, 0.2) is 5.69 Å². The van der Waals surface area contributed by atoms with Crippen molar-refractivity contribution in [3.05, 3.63) is 18.2 Å². The highest BCUT2D eigenvalue weighted by molar-refractivity contribution is 5.01. The SMILES string of the molecule is FC(F)Cn1cnc(C(F)(F)F)c1. The summed E-state index contributed by atoms with van der Waals surface area (Å²) < 4.78 is 59.7. The fourth-order valence-electron chi connectivity index (χ4n) is 0.766. The van der Waals surface area contributed by atoms with Crippen molar-refractivity contribution in [2.75, 3.05) is 0 Å². The second kappa shape index (κ2) is 3.31. The molecule has 1 rings (SSSR count). The molecule has 0 aliphatic carbocycles. The Balaban J connectivity index is 2.75. The molecule has 2 nitrogen and oxygen atoms in total. The Morgan fingerprint density at radius 1 is 1.38 bits per heavy atom. The Morgan fingerprint density at radius 3 is 2.38 bits per heavy atom. The van der Waals surface area contributed by atoms with E-state index in [0.717, 1.165) is 6.33 Å². The van der Waals surface area contributed by atoms with Crippen LogP contribution in [0.15, 0.2) is 12.5 Å². The number of hydrogen-bond acceptors (Lipinski definition) is 1. The lowest BCUT2D eigenvalue weighted by atomic mass is 10.5. The second-order valence-corrected chi connectivity index (χ2v) is 2.34. The molecule has 0 N–H and O–H groups in total. The van der Waals surface area contributed by atoms with Crippen molar-refractivity contribution < 1.29 is 22.0 Å². The lowest BCUT2D eigenvalue weighted by Crippen LogP contribution is -2.06. The van der Waals surface area contributed by atoms with Crippen LogP contribution in [0.4, 0.5) is 22.0 Å². The molecule has 0 amide bonds. The molecule has 1 aromatic heterocycles. The Bertz CT molecular complexity index is 277. The molecule has 1 heterocycles. The first-order valence-electron chi connectivity index (χ1n) is 3.26. The molecule has 0 radical (unpaired) electrons. The molecule has 0 spiro atoms. The molecule has 0 fully saturated rings. The van der Waals surface area contributed by atoms with E-state index in [-0.39, 0.29) is 0 Å². The predicted octanol–water partition coefficient (Wildman–Crippen LogP) is 2.17. The summed E-state index contributed by atoms with van der Waals surface area (Å²) in [5.74, 6) is 0. The van der Waals surface area contributed by atoms with Crippen LogP contribution in [-0.2, 0) is 12.7 Å². The first kappa shape index (κ1) is 9.94. The summed E-state index contributed by atoms with van der Waals surface area (Å²) >= 11 is 0. The van der Waals surface area contributed by atoms with Gasteiger partial charge in [-0.05, 0) is 0 Å². The van der Waals surface area contributed by atoms with E-state index >= 15 is 0 Å². The number of alkyl halides is 5. The average Bonchev–Trinajstić information content (AvgIpc) is 2.32. The molecule has 0 aromatic carbocycles. The van der Waals surface area contributed by atoms with Gasteiger partial charge in [-0.3, -0.25) is 0 Å². The number of hydrogen-bond donors (Lipinski definition) is 0. The summed E-state index contributed by atoms with van der Waals surface area (Å²) in [5, 5.41) is 0. The summed E-state index contributed by atoms with van der Waals surface area (Å²) in [5.41, 5.74) is -1.16. The standard InChI is InChI=1S/C6H5F5N2/c7-5(8)2-13-1-4(12-3-13)6(9,10)11/h1,3,5H,2H2. The molecule has 0 bridgehead atoms. The van der Waals surface area contributed by atoms with Crippen LogP contribution in [0.2, 0.25) is 0 Å². The van der Waals surface area contributed by atoms with Crippen LogP contribution in [0.25, 0.3) is 0 Å². The third-order valence-electron chi connectivity index (χ3n) is 1.27. The van der Waals surface area contributed by atoms with Gasteiger partial charge >= 0.3 is 6.18 Å². The van der Waals surface area contributed by atoms with Crippen LogP contribution in [0.5, 0.6) is 0 Å². The molecule has 1 aromatic rings. The normalized spacial score (nSPS) is 12.5. The highest BCUT2D eigenvalue weighted by Crippen LogP contribution is 2.27. The van der Waals surface area contributed by atoms with E-state index in [1.807, 2.05) is 0 Å². The summed E-state index contributed by atoms with van der Waals surface area (Å²) in [6, 6.07) is 0. The zero-order chi connectivity index (χ0) is 10.1. The van der Waals surface area contributed by atoms with Gasteiger partial charge in [0.05, 0.1) is 12.9 Å². The Kier molecular flexibility index (Phi) is 2.53. The zero-order valence-electron chi connectivity index (χ0n) is 6.22. The quantitative estimate of drug-likeness (QED) is 0.669. The van der Waals surface area contributed by atoms with Gasteiger partial charge in [-0.2, -0.15) is 13.2 Å². The molecule has 0 saturated heterocycles. The van der Waals surface area contributed by atoms with Gasteiger partial charge in [0.1, 0.15) is 0 Å². The fourth-order valence-corrected chi connectivity index (χ4v) is 0.766. The molecule has 74 valence electrons. The van der Waals surface area contributed by atoms with Crippen molar-refractivity contribution in [1.82, 2.24) is 9.55 Å². The molecular weight excluding hydrogens is 195 g/mol. The molecule has 0 atom stereocenters. The predicted molar refractivity (Wildman–Crippen MR) is 33.2 cm³/mol. The van der Waals surface area contributed by atoms with Crippen molar-refractivity contribution >= 4 is 0 Å². The van der Waals surface area contributed by atoms with Crippen molar-refractivity contribution in [1.29, 1.82) is 0 Å². The summed E-state index contributed by atoms with van der Waals surface area (Å²) in [7, 11) is 0. The largest absolute Gasteiger partial charge is 0.434 e. The maximum Gasteiger partial charge on any atom is 0.434 e. The minimum Gasteiger partial charge on any atom is -0.331 e. The third-order valence-corrected chi connectivity index (χ3v) is 1.27. The Hall–Kier alpha value is -1.14. The minimum atomic E-state index is -4.58. The van der Waals surface area contributed by atoms with Gasteiger partial charge < -0.3 is 4.57 Å². The molecule has 0 unspecified atom stereocenters. The van der Waals surface area contributed by atoms with Gasteiger partial charge in [-0.1, -0.05) is 0 Å². The van der Waals surface area contributed by atoms with E-state index in [0.29, 0.717) is 10.8 Å².